The Bertz CT molecular complexity index is 627. The van der Waals surface area contributed by atoms with E-state index in [1.807, 2.05) is 16.9 Å². The molecule has 0 aliphatic rings. The van der Waals surface area contributed by atoms with Gasteiger partial charge in [-0.1, -0.05) is 18.5 Å². The molecule has 21 heavy (non-hydrogen) atoms. The van der Waals surface area contributed by atoms with Crippen LogP contribution in [0.25, 0.3) is 0 Å². The third-order valence-corrected chi connectivity index (χ3v) is 3.86. The number of hydrogen-bond donors (Lipinski definition) is 1. The maximum absolute atomic E-state index is 13.8. The first-order valence-electron chi connectivity index (χ1n) is 6.86. The van der Waals surface area contributed by atoms with Gasteiger partial charge in [0.1, 0.15) is 11.6 Å². The van der Waals surface area contributed by atoms with E-state index in [4.69, 9.17) is 17.3 Å². The van der Waals surface area contributed by atoms with Crippen LogP contribution < -0.4 is 5.73 Å². The predicted octanol–water partition coefficient (Wildman–Crippen LogP) is 4.03. The van der Waals surface area contributed by atoms with E-state index in [1.54, 1.807) is 0 Å². The van der Waals surface area contributed by atoms with Crippen LogP contribution in [0.15, 0.2) is 24.4 Å². The molecule has 0 bridgehead atoms. The maximum Gasteiger partial charge on any atom is 0.142 e. The zero-order chi connectivity index (χ0) is 15.6. The molecular weight excluding hydrogens is 296 g/mol. The van der Waals surface area contributed by atoms with Gasteiger partial charge < -0.3 is 5.73 Å². The largest absolute Gasteiger partial charge is 0.324 e. The first-order valence-corrected chi connectivity index (χ1v) is 7.24. The van der Waals surface area contributed by atoms with Crippen LogP contribution in [0.1, 0.15) is 43.6 Å². The van der Waals surface area contributed by atoms with Gasteiger partial charge in [0.25, 0.3) is 0 Å². The lowest BCUT2D eigenvalue weighted by molar-refractivity contribution is 0.471. The van der Waals surface area contributed by atoms with E-state index in [9.17, 15) is 8.78 Å². The Morgan fingerprint density at radius 3 is 2.71 bits per heavy atom. The summed E-state index contributed by atoms with van der Waals surface area (Å²) in [5, 5.41) is 4.16. The minimum Gasteiger partial charge on any atom is -0.324 e. The normalized spacial score (nSPS) is 14.2. The van der Waals surface area contributed by atoms with E-state index in [-0.39, 0.29) is 10.6 Å². The second-order valence-corrected chi connectivity index (χ2v) is 5.55. The van der Waals surface area contributed by atoms with Crippen molar-refractivity contribution >= 4 is 11.6 Å². The number of nitrogens with zero attached hydrogens (tertiary/aromatic N) is 2. The molecule has 2 aromatic rings. The topological polar surface area (TPSA) is 43.8 Å². The van der Waals surface area contributed by atoms with Crippen LogP contribution in [-0.2, 0) is 6.42 Å². The molecule has 0 spiro atoms. The molecule has 0 radical (unpaired) electrons. The van der Waals surface area contributed by atoms with Crippen molar-refractivity contribution in [2.75, 3.05) is 0 Å². The van der Waals surface area contributed by atoms with Crippen molar-refractivity contribution < 1.29 is 8.78 Å². The molecule has 0 aliphatic heterocycles. The molecule has 1 aromatic carbocycles. The Labute approximate surface area is 127 Å². The van der Waals surface area contributed by atoms with Gasteiger partial charge in [-0.15, -0.1) is 0 Å². The standard InChI is InChI=1S/C15H18ClF2N3/c1-3-9(2)21-5-4-10(20-21)6-15(19)11-7-14(18)12(16)8-13(11)17/h4-5,7-9,15H,3,6,19H2,1-2H3. The van der Waals surface area contributed by atoms with Gasteiger partial charge in [-0.2, -0.15) is 5.10 Å². The average Bonchev–Trinajstić information content (AvgIpc) is 2.90. The molecule has 0 fully saturated rings. The van der Waals surface area contributed by atoms with Crippen molar-refractivity contribution in [2.45, 2.75) is 38.8 Å². The molecule has 2 unspecified atom stereocenters. The lowest BCUT2D eigenvalue weighted by Gasteiger charge is -2.13. The van der Waals surface area contributed by atoms with E-state index in [0.29, 0.717) is 12.5 Å². The first-order chi connectivity index (χ1) is 9.92. The molecule has 114 valence electrons. The lowest BCUT2D eigenvalue weighted by atomic mass is 10.0. The number of nitrogens with two attached hydrogens (primary N) is 1. The second kappa shape index (κ2) is 6.54. The first kappa shape index (κ1) is 15.9. The molecule has 0 amide bonds. The maximum atomic E-state index is 13.8. The third kappa shape index (κ3) is 3.60. The smallest absolute Gasteiger partial charge is 0.142 e. The molecule has 2 atom stereocenters. The molecule has 3 nitrogen and oxygen atoms in total. The van der Waals surface area contributed by atoms with Crippen LogP contribution in [0, 0.1) is 11.6 Å². The van der Waals surface area contributed by atoms with Crippen LogP contribution in [0.5, 0.6) is 0 Å². The summed E-state index contributed by atoms with van der Waals surface area (Å²) < 4.78 is 29.1. The van der Waals surface area contributed by atoms with E-state index in [1.165, 1.54) is 0 Å². The summed E-state index contributed by atoms with van der Waals surface area (Å²) in [6.45, 7) is 4.13. The Kier molecular flexibility index (Phi) is 4.96. The third-order valence-electron chi connectivity index (χ3n) is 3.57. The summed E-state index contributed by atoms with van der Waals surface area (Å²) in [5.74, 6) is -1.27. The second-order valence-electron chi connectivity index (χ2n) is 5.14. The molecule has 2 N–H and O–H groups in total. The SMILES string of the molecule is CCC(C)n1ccc(CC(N)c2cc(F)c(Cl)cc2F)n1. The fourth-order valence-corrected chi connectivity index (χ4v) is 2.23. The fourth-order valence-electron chi connectivity index (χ4n) is 2.08. The van der Waals surface area contributed by atoms with Gasteiger partial charge in [0.15, 0.2) is 0 Å². The van der Waals surface area contributed by atoms with Crippen molar-refractivity contribution in [1.29, 1.82) is 0 Å². The van der Waals surface area contributed by atoms with Crippen molar-refractivity contribution in [3.8, 4) is 0 Å². The Hall–Kier alpha value is -1.46. The highest BCUT2D eigenvalue weighted by Crippen LogP contribution is 2.24. The van der Waals surface area contributed by atoms with Crippen LogP contribution in [0.3, 0.4) is 0 Å². The Balaban J connectivity index is 2.16. The number of rotatable bonds is 5. The highest BCUT2D eigenvalue weighted by atomic mass is 35.5. The zero-order valence-corrected chi connectivity index (χ0v) is 12.7. The van der Waals surface area contributed by atoms with Gasteiger partial charge in [-0.3, -0.25) is 4.68 Å². The summed E-state index contributed by atoms with van der Waals surface area (Å²) in [5.41, 5.74) is 6.82. The lowest BCUT2D eigenvalue weighted by Crippen LogP contribution is -2.16. The van der Waals surface area contributed by atoms with Gasteiger partial charge in [0.2, 0.25) is 0 Å². The van der Waals surface area contributed by atoms with Crippen molar-refractivity contribution in [3.05, 3.63) is 52.3 Å². The number of benzene rings is 1. The van der Waals surface area contributed by atoms with Crippen molar-refractivity contribution in [3.63, 3.8) is 0 Å². The van der Waals surface area contributed by atoms with Crippen LogP contribution in [-0.4, -0.2) is 9.78 Å². The average molecular weight is 314 g/mol. The highest BCUT2D eigenvalue weighted by molar-refractivity contribution is 6.30. The monoisotopic (exact) mass is 313 g/mol. The number of hydrogen-bond acceptors (Lipinski definition) is 2. The molecule has 0 saturated carbocycles. The summed E-state index contributed by atoms with van der Waals surface area (Å²) >= 11 is 5.53. The van der Waals surface area contributed by atoms with Gasteiger partial charge >= 0.3 is 0 Å². The van der Waals surface area contributed by atoms with Gasteiger partial charge in [-0.25, -0.2) is 8.78 Å². The van der Waals surface area contributed by atoms with E-state index in [0.717, 1.165) is 24.2 Å². The number of aromatic nitrogens is 2. The van der Waals surface area contributed by atoms with Crippen molar-refractivity contribution in [2.24, 2.45) is 5.73 Å². The summed E-state index contributed by atoms with van der Waals surface area (Å²) in [6.07, 6.45) is 3.17. The quantitative estimate of drug-likeness (QED) is 0.847. The number of halogens is 3. The molecule has 6 heteroatoms. The van der Waals surface area contributed by atoms with Gasteiger partial charge in [-0.05, 0) is 31.5 Å². The van der Waals surface area contributed by atoms with Crippen LogP contribution in [0.2, 0.25) is 5.02 Å². The summed E-state index contributed by atoms with van der Waals surface area (Å²) in [4.78, 5) is 0. The molecular formula is C15H18ClF2N3. The van der Waals surface area contributed by atoms with Gasteiger partial charge in [0.05, 0.1) is 10.7 Å². The summed E-state index contributed by atoms with van der Waals surface area (Å²) in [6, 6.07) is 3.46. The predicted molar refractivity (Wildman–Crippen MR) is 79.2 cm³/mol. The van der Waals surface area contributed by atoms with Crippen molar-refractivity contribution in [1.82, 2.24) is 9.78 Å². The fraction of sp³-hybridized carbons (Fsp3) is 0.400. The molecule has 1 heterocycles. The van der Waals surface area contributed by atoms with E-state index in [2.05, 4.69) is 18.9 Å². The molecule has 2 rings (SSSR count). The zero-order valence-electron chi connectivity index (χ0n) is 12.0. The van der Waals surface area contributed by atoms with Crippen LogP contribution in [0.4, 0.5) is 8.78 Å². The minimum absolute atomic E-state index is 0.106. The molecule has 1 aromatic heterocycles. The van der Waals surface area contributed by atoms with Crippen LogP contribution >= 0.6 is 11.6 Å². The minimum atomic E-state index is -0.673. The van der Waals surface area contributed by atoms with E-state index < -0.39 is 17.7 Å². The summed E-state index contributed by atoms with van der Waals surface area (Å²) in [7, 11) is 0. The van der Waals surface area contributed by atoms with Gasteiger partial charge in [0, 0.05) is 30.3 Å². The van der Waals surface area contributed by atoms with E-state index >= 15 is 0 Å². The molecule has 0 aliphatic carbocycles. The molecule has 0 saturated heterocycles. The Morgan fingerprint density at radius 2 is 2.05 bits per heavy atom. The Morgan fingerprint density at radius 1 is 1.33 bits per heavy atom. The highest BCUT2D eigenvalue weighted by Gasteiger charge is 2.17.